The molecule has 1 aromatic rings. The van der Waals surface area contributed by atoms with E-state index in [9.17, 15) is 4.39 Å². The molecule has 1 heterocycles. The Balaban J connectivity index is 2.31. The molecular formula is C12H15ClFN3. The lowest BCUT2D eigenvalue weighted by Crippen LogP contribution is -2.36. The molecule has 1 aromatic carbocycles. The summed E-state index contributed by atoms with van der Waals surface area (Å²) in [5.41, 5.74) is 6.37. The third-order valence-corrected chi connectivity index (χ3v) is 3.19. The van der Waals surface area contributed by atoms with Gasteiger partial charge in [-0.2, -0.15) is 0 Å². The molecule has 1 unspecified atom stereocenters. The number of nitrogens with zero attached hydrogens (tertiary/aromatic N) is 2. The Bertz CT molecular complexity index is 447. The van der Waals surface area contributed by atoms with Crippen LogP contribution in [0, 0.1) is 5.82 Å². The lowest BCUT2D eigenvalue weighted by atomic mass is 10.1. The number of nitrogens with two attached hydrogens (primary N) is 1. The second-order valence-electron chi connectivity index (χ2n) is 4.05. The first-order valence-electron chi connectivity index (χ1n) is 5.65. The molecule has 1 aliphatic heterocycles. The van der Waals surface area contributed by atoms with Gasteiger partial charge in [0.05, 0.1) is 17.6 Å². The van der Waals surface area contributed by atoms with Gasteiger partial charge in [-0.15, -0.1) is 0 Å². The summed E-state index contributed by atoms with van der Waals surface area (Å²) in [5.74, 6) is 0.112. The van der Waals surface area contributed by atoms with Crippen LogP contribution in [-0.4, -0.2) is 23.9 Å². The summed E-state index contributed by atoms with van der Waals surface area (Å²) in [6.07, 6.45) is 0.939. The van der Waals surface area contributed by atoms with Gasteiger partial charge in [-0.05, 0) is 12.5 Å². The summed E-state index contributed by atoms with van der Waals surface area (Å²) in [7, 11) is 0. The monoisotopic (exact) mass is 255 g/mol. The zero-order valence-corrected chi connectivity index (χ0v) is 10.4. The van der Waals surface area contributed by atoms with E-state index in [4.69, 9.17) is 17.3 Å². The summed E-state index contributed by atoms with van der Waals surface area (Å²) < 4.78 is 13.9. The number of guanidine groups is 1. The molecule has 1 atom stereocenters. The molecule has 0 bridgehead atoms. The molecule has 2 rings (SSSR count). The third-order valence-electron chi connectivity index (χ3n) is 2.90. The van der Waals surface area contributed by atoms with E-state index in [2.05, 4.69) is 11.9 Å². The van der Waals surface area contributed by atoms with Crippen molar-refractivity contribution < 1.29 is 4.39 Å². The van der Waals surface area contributed by atoms with Crippen LogP contribution in [0.15, 0.2) is 23.2 Å². The van der Waals surface area contributed by atoms with Crippen molar-refractivity contribution >= 4 is 17.6 Å². The second-order valence-corrected chi connectivity index (χ2v) is 4.46. The van der Waals surface area contributed by atoms with E-state index in [1.54, 1.807) is 18.2 Å². The molecule has 0 aliphatic carbocycles. The maximum atomic E-state index is 13.9. The first kappa shape index (κ1) is 12.2. The number of benzene rings is 1. The van der Waals surface area contributed by atoms with Gasteiger partial charge in [-0.25, -0.2) is 4.39 Å². The molecular weight excluding hydrogens is 241 g/mol. The van der Waals surface area contributed by atoms with Gasteiger partial charge in [0.15, 0.2) is 5.96 Å². The van der Waals surface area contributed by atoms with Crippen LogP contribution in [0.25, 0.3) is 0 Å². The summed E-state index contributed by atoms with van der Waals surface area (Å²) in [6, 6.07) is 4.90. The van der Waals surface area contributed by atoms with Crippen LogP contribution in [0.4, 0.5) is 4.39 Å². The number of hydrogen-bond donors (Lipinski definition) is 1. The average molecular weight is 256 g/mol. The van der Waals surface area contributed by atoms with Crippen LogP contribution in [-0.2, 0) is 0 Å². The van der Waals surface area contributed by atoms with Crippen molar-refractivity contribution in [1.82, 2.24) is 4.90 Å². The highest BCUT2D eigenvalue weighted by Crippen LogP contribution is 2.30. The highest BCUT2D eigenvalue weighted by molar-refractivity contribution is 6.30. The normalized spacial score (nSPS) is 19.6. The first-order valence-corrected chi connectivity index (χ1v) is 6.03. The predicted molar refractivity (Wildman–Crippen MR) is 67.6 cm³/mol. The Labute approximate surface area is 105 Å². The lowest BCUT2D eigenvalue weighted by Gasteiger charge is -2.26. The first-order chi connectivity index (χ1) is 8.15. The van der Waals surface area contributed by atoms with Crippen LogP contribution in [0.1, 0.15) is 24.9 Å². The number of aliphatic imine (C=N–C) groups is 1. The van der Waals surface area contributed by atoms with Gasteiger partial charge in [0.2, 0.25) is 0 Å². The van der Waals surface area contributed by atoms with E-state index in [1.807, 2.05) is 4.90 Å². The van der Waals surface area contributed by atoms with Crippen molar-refractivity contribution in [2.24, 2.45) is 10.7 Å². The summed E-state index contributed by atoms with van der Waals surface area (Å²) in [5, 5.41) is 0.143. The second kappa shape index (κ2) is 4.92. The highest BCUT2D eigenvalue weighted by Gasteiger charge is 2.29. The SMILES string of the molecule is CCCN1C(N)=NCC1c1cccc(Cl)c1F. The molecule has 0 radical (unpaired) electrons. The molecule has 17 heavy (non-hydrogen) atoms. The van der Waals surface area contributed by atoms with Crippen molar-refractivity contribution in [3.8, 4) is 0 Å². The molecule has 2 N–H and O–H groups in total. The van der Waals surface area contributed by atoms with Crippen molar-refractivity contribution in [2.75, 3.05) is 13.1 Å². The number of hydrogen-bond acceptors (Lipinski definition) is 3. The highest BCUT2D eigenvalue weighted by atomic mass is 35.5. The zero-order chi connectivity index (χ0) is 12.4. The molecule has 1 aliphatic rings. The maximum Gasteiger partial charge on any atom is 0.191 e. The summed E-state index contributed by atoms with van der Waals surface area (Å²) in [6.45, 7) is 3.31. The van der Waals surface area contributed by atoms with E-state index in [0.29, 0.717) is 18.1 Å². The van der Waals surface area contributed by atoms with Crippen LogP contribution in [0.5, 0.6) is 0 Å². The fraction of sp³-hybridized carbons (Fsp3) is 0.417. The Hall–Kier alpha value is -1.29. The van der Waals surface area contributed by atoms with Crippen LogP contribution >= 0.6 is 11.6 Å². The number of rotatable bonds is 3. The summed E-state index contributed by atoms with van der Waals surface area (Å²) in [4.78, 5) is 6.10. The van der Waals surface area contributed by atoms with E-state index in [1.165, 1.54) is 0 Å². The molecule has 0 fully saturated rings. The minimum Gasteiger partial charge on any atom is -0.370 e. The molecule has 3 nitrogen and oxygen atoms in total. The molecule has 0 saturated carbocycles. The van der Waals surface area contributed by atoms with Crippen molar-refractivity contribution in [1.29, 1.82) is 0 Å². The van der Waals surface area contributed by atoms with Gasteiger partial charge >= 0.3 is 0 Å². The largest absolute Gasteiger partial charge is 0.370 e. The van der Waals surface area contributed by atoms with Crippen molar-refractivity contribution in [3.63, 3.8) is 0 Å². The van der Waals surface area contributed by atoms with E-state index in [0.717, 1.165) is 13.0 Å². The van der Waals surface area contributed by atoms with E-state index < -0.39 is 0 Å². The van der Waals surface area contributed by atoms with Gasteiger partial charge in [0.25, 0.3) is 0 Å². The quantitative estimate of drug-likeness (QED) is 0.902. The average Bonchev–Trinajstić information content (AvgIpc) is 2.66. The smallest absolute Gasteiger partial charge is 0.191 e. The van der Waals surface area contributed by atoms with Gasteiger partial charge in [0, 0.05) is 12.1 Å². The van der Waals surface area contributed by atoms with Crippen LogP contribution < -0.4 is 5.73 Å². The molecule has 92 valence electrons. The predicted octanol–water partition coefficient (Wildman–Crippen LogP) is 2.56. The van der Waals surface area contributed by atoms with Crippen LogP contribution in [0.2, 0.25) is 5.02 Å². The Kier molecular flexibility index (Phi) is 3.52. The van der Waals surface area contributed by atoms with E-state index >= 15 is 0 Å². The standard InChI is InChI=1S/C12H15ClFN3/c1-2-6-17-10(7-16-12(17)15)8-4-3-5-9(13)11(8)14/h3-5,10H,2,6-7H2,1H3,(H2,15,16). The topological polar surface area (TPSA) is 41.6 Å². The molecule has 0 aromatic heterocycles. The summed E-state index contributed by atoms with van der Waals surface area (Å²) >= 11 is 5.79. The zero-order valence-electron chi connectivity index (χ0n) is 9.66. The Morgan fingerprint density at radius 1 is 1.59 bits per heavy atom. The van der Waals surface area contributed by atoms with Crippen molar-refractivity contribution in [2.45, 2.75) is 19.4 Å². The van der Waals surface area contributed by atoms with Crippen LogP contribution in [0.3, 0.4) is 0 Å². The molecule has 0 saturated heterocycles. The Morgan fingerprint density at radius 2 is 2.35 bits per heavy atom. The van der Waals surface area contributed by atoms with Crippen molar-refractivity contribution in [3.05, 3.63) is 34.6 Å². The fourth-order valence-electron chi connectivity index (χ4n) is 2.08. The van der Waals surface area contributed by atoms with Gasteiger partial charge in [-0.3, -0.25) is 4.99 Å². The minimum absolute atomic E-state index is 0.131. The third kappa shape index (κ3) is 2.22. The maximum absolute atomic E-state index is 13.9. The molecule has 0 spiro atoms. The Morgan fingerprint density at radius 3 is 3.06 bits per heavy atom. The number of halogens is 2. The fourth-order valence-corrected chi connectivity index (χ4v) is 2.27. The minimum atomic E-state index is -0.370. The van der Waals surface area contributed by atoms with Gasteiger partial charge in [-0.1, -0.05) is 30.7 Å². The van der Waals surface area contributed by atoms with Gasteiger partial charge in [0.1, 0.15) is 5.82 Å². The molecule has 0 amide bonds. The molecule has 5 heteroatoms. The van der Waals surface area contributed by atoms with E-state index in [-0.39, 0.29) is 16.9 Å². The van der Waals surface area contributed by atoms with Gasteiger partial charge < -0.3 is 10.6 Å². The lowest BCUT2D eigenvalue weighted by molar-refractivity contribution is 0.338.